The smallest absolute Gasteiger partial charge is 0.251 e. The van der Waals surface area contributed by atoms with Crippen molar-refractivity contribution in [2.24, 2.45) is 5.92 Å². The number of hydrogen-bond donors (Lipinski definition) is 3. The van der Waals surface area contributed by atoms with Crippen LogP contribution >= 0.6 is 0 Å². The van der Waals surface area contributed by atoms with Gasteiger partial charge in [-0.15, -0.1) is 0 Å². The van der Waals surface area contributed by atoms with Gasteiger partial charge in [0, 0.05) is 30.3 Å². The summed E-state index contributed by atoms with van der Waals surface area (Å²) in [5.74, 6) is -2.37. The van der Waals surface area contributed by atoms with Crippen LogP contribution in [0.1, 0.15) is 36.0 Å². The van der Waals surface area contributed by atoms with Gasteiger partial charge >= 0.3 is 0 Å². The molecule has 0 unspecified atom stereocenters. The Hall–Kier alpha value is -2.85. The Morgan fingerprint density at radius 1 is 0.968 bits per heavy atom. The molecule has 0 saturated heterocycles. The van der Waals surface area contributed by atoms with Gasteiger partial charge in [-0.05, 0) is 55.3 Å². The minimum atomic E-state index is -4.26. The van der Waals surface area contributed by atoms with Crippen molar-refractivity contribution in [3.63, 3.8) is 0 Å². The number of rotatable bonds is 8. The zero-order valence-corrected chi connectivity index (χ0v) is 17.5. The maximum absolute atomic E-state index is 13.6. The third-order valence-electron chi connectivity index (χ3n) is 5.03. The highest BCUT2D eigenvalue weighted by atomic mass is 32.2. The van der Waals surface area contributed by atoms with Gasteiger partial charge in [-0.25, -0.2) is 21.9 Å². The second-order valence-electron chi connectivity index (χ2n) is 7.28. The molecule has 1 fully saturated rings. The summed E-state index contributed by atoms with van der Waals surface area (Å²) < 4.78 is 53.1. The maximum atomic E-state index is 13.6. The Morgan fingerprint density at radius 3 is 2.32 bits per heavy atom. The van der Waals surface area contributed by atoms with Crippen molar-refractivity contribution >= 4 is 27.5 Å². The summed E-state index contributed by atoms with van der Waals surface area (Å²) in [5, 5.41) is 5.37. The summed E-state index contributed by atoms with van der Waals surface area (Å²) in [7, 11) is -4.26. The molecule has 0 heterocycles. The van der Waals surface area contributed by atoms with E-state index in [2.05, 4.69) is 15.4 Å². The van der Waals surface area contributed by atoms with Crippen LogP contribution in [0.4, 0.5) is 14.5 Å². The maximum Gasteiger partial charge on any atom is 0.251 e. The molecule has 1 saturated carbocycles. The summed E-state index contributed by atoms with van der Waals surface area (Å²) in [6, 6.07) is 8.47. The third-order valence-corrected chi connectivity index (χ3v) is 6.50. The Morgan fingerprint density at radius 2 is 1.65 bits per heavy atom. The van der Waals surface area contributed by atoms with Gasteiger partial charge < -0.3 is 10.6 Å². The number of halogens is 2. The molecule has 2 aromatic carbocycles. The van der Waals surface area contributed by atoms with Gasteiger partial charge in [-0.3, -0.25) is 9.59 Å². The zero-order valence-electron chi connectivity index (χ0n) is 16.7. The summed E-state index contributed by atoms with van der Waals surface area (Å²) in [4.78, 5) is 23.5. The molecule has 31 heavy (non-hydrogen) atoms. The highest BCUT2D eigenvalue weighted by molar-refractivity contribution is 7.89. The van der Waals surface area contributed by atoms with Crippen LogP contribution in [0.5, 0.6) is 0 Å². The van der Waals surface area contributed by atoms with E-state index in [0.717, 1.165) is 37.8 Å². The molecule has 1 aliphatic carbocycles. The molecule has 0 radical (unpaired) electrons. The second-order valence-corrected chi connectivity index (χ2v) is 9.01. The molecule has 10 heteroatoms. The molecule has 0 bridgehead atoms. The van der Waals surface area contributed by atoms with E-state index in [4.69, 9.17) is 0 Å². The van der Waals surface area contributed by atoms with Gasteiger partial charge in [0.2, 0.25) is 15.9 Å². The summed E-state index contributed by atoms with van der Waals surface area (Å²) in [6.07, 6.45) is 3.90. The van der Waals surface area contributed by atoms with E-state index < -0.39 is 32.5 Å². The molecular formula is C21H23F2N3O4S. The van der Waals surface area contributed by atoms with E-state index in [0.29, 0.717) is 17.3 Å². The molecule has 0 spiro atoms. The Balaban J connectivity index is 1.47. The fourth-order valence-electron chi connectivity index (χ4n) is 3.36. The quantitative estimate of drug-likeness (QED) is 0.537. The van der Waals surface area contributed by atoms with Gasteiger partial charge in [0.25, 0.3) is 5.91 Å². The van der Waals surface area contributed by atoms with Crippen molar-refractivity contribution in [1.82, 2.24) is 10.0 Å². The van der Waals surface area contributed by atoms with Crippen LogP contribution in [0.2, 0.25) is 0 Å². The molecule has 166 valence electrons. The lowest BCUT2D eigenvalue weighted by Gasteiger charge is -2.11. The molecule has 0 atom stereocenters. The molecule has 3 N–H and O–H groups in total. The Kier molecular flexibility index (Phi) is 7.34. The van der Waals surface area contributed by atoms with Crippen LogP contribution in [0.3, 0.4) is 0 Å². The topological polar surface area (TPSA) is 104 Å². The molecule has 2 amide bonds. The number of hydrogen-bond acceptors (Lipinski definition) is 4. The number of nitrogens with one attached hydrogen (secondary N) is 3. The normalized spacial score (nSPS) is 14.4. The molecule has 7 nitrogen and oxygen atoms in total. The van der Waals surface area contributed by atoms with Gasteiger partial charge in [-0.2, -0.15) is 0 Å². The zero-order chi connectivity index (χ0) is 22.4. The van der Waals surface area contributed by atoms with E-state index in [1.165, 1.54) is 0 Å². The largest absolute Gasteiger partial charge is 0.351 e. The summed E-state index contributed by atoms with van der Waals surface area (Å²) in [5.41, 5.74) is 0.927. The molecule has 1 aliphatic rings. The fraction of sp³-hybridized carbons (Fsp3) is 0.333. The number of amides is 2. The highest BCUT2D eigenvalue weighted by Gasteiger charge is 2.22. The molecule has 0 aliphatic heterocycles. The van der Waals surface area contributed by atoms with E-state index in [1.54, 1.807) is 24.3 Å². The average Bonchev–Trinajstić information content (AvgIpc) is 3.28. The van der Waals surface area contributed by atoms with Gasteiger partial charge in [0.1, 0.15) is 16.5 Å². The first-order chi connectivity index (χ1) is 14.8. The van der Waals surface area contributed by atoms with Gasteiger partial charge in [0.15, 0.2) is 0 Å². The second kappa shape index (κ2) is 9.97. The van der Waals surface area contributed by atoms with Crippen molar-refractivity contribution < 1.29 is 26.8 Å². The lowest BCUT2D eigenvalue weighted by Crippen LogP contribution is -2.35. The van der Waals surface area contributed by atoms with Crippen LogP contribution in [0.15, 0.2) is 47.4 Å². The predicted molar refractivity (Wildman–Crippen MR) is 111 cm³/mol. The van der Waals surface area contributed by atoms with Crippen LogP contribution in [0, 0.1) is 17.6 Å². The van der Waals surface area contributed by atoms with E-state index in [9.17, 15) is 26.8 Å². The van der Waals surface area contributed by atoms with Crippen molar-refractivity contribution in [1.29, 1.82) is 0 Å². The number of carbonyl (C=O) groups is 2. The van der Waals surface area contributed by atoms with E-state index in [-0.39, 0.29) is 24.9 Å². The Bertz CT molecular complexity index is 1050. The predicted octanol–water partition coefficient (Wildman–Crippen LogP) is 2.80. The van der Waals surface area contributed by atoms with Crippen molar-refractivity contribution in [3.05, 3.63) is 59.7 Å². The van der Waals surface area contributed by atoms with Crippen molar-refractivity contribution in [2.45, 2.75) is 30.6 Å². The Labute approximate surface area is 179 Å². The first kappa shape index (κ1) is 22.8. The number of anilines is 1. The van der Waals surface area contributed by atoms with Crippen LogP contribution in [-0.2, 0) is 14.8 Å². The SMILES string of the molecule is O=C(NCCNS(=O)(=O)c1cc(F)ccc1F)c1ccc(NC(=O)C2CCCC2)cc1. The highest BCUT2D eigenvalue weighted by Crippen LogP contribution is 2.26. The van der Waals surface area contributed by atoms with Crippen molar-refractivity contribution in [2.75, 3.05) is 18.4 Å². The first-order valence-electron chi connectivity index (χ1n) is 9.90. The van der Waals surface area contributed by atoms with Crippen LogP contribution in [0.25, 0.3) is 0 Å². The van der Waals surface area contributed by atoms with Crippen molar-refractivity contribution in [3.8, 4) is 0 Å². The first-order valence-corrected chi connectivity index (χ1v) is 11.4. The number of benzene rings is 2. The number of carbonyl (C=O) groups excluding carboxylic acids is 2. The minimum Gasteiger partial charge on any atom is -0.351 e. The van der Waals surface area contributed by atoms with Crippen LogP contribution in [-0.4, -0.2) is 33.3 Å². The standard InChI is InChI=1S/C21H23F2N3O4S/c22-16-7-10-18(23)19(13-16)31(29,30)25-12-11-24-20(27)15-5-8-17(9-6-15)26-21(28)14-3-1-2-4-14/h5-10,13-14,25H,1-4,11-12H2,(H,24,27)(H,26,28). The van der Waals surface area contributed by atoms with E-state index >= 15 is 0 Å². The van der Waals surface area contributed by atoms with Gasteiger partial charge in [-0.1, -0.05) is 12.8 Å². The third kappa shape index (κ3) is 6.08. The molecule has 3 rings (SSSR count). The lowest BCUT2D eigenvalue weighted by atomic mass is 10.1. The molecule has 2 aromatic rings. The number of sulfonamides is 1. The molecule has 0 aromatic heterocycles. The molecular weight excluding hydrogens is 428 g/mol. The average molecular weight is 451 g/mol. The van der Waals surface area contributed by atoms with E-state index in [1.807, 2.05) is 0 Å². The van der Waals surface area contributed by atoms with Gasteiger partial charge in [0.05, 0.1) is 0 Å². The summed E-state index contributed by atoms with van der Waals surface area (Å²) in [6.45, 7) is -0.269. The van der Waals surface area contributed by atoms with Crippen LogP contribution < -0.4 is 15.4 Å². The lowest BCUT2D eigenvalue weighted by molar-refractivity contribution is -0.119. The monoisotopic (exact) mass is 451 g/mol. The fourth-order valence-corrected chi connectivity index (χ4v) is 4.48. The summed E-state index contributed by atoms with van der Waals surface area (Å²) >= 11 is 0. The minimum absolute atomic E-state index is 0.0169.